The number of hydrogen-bond acceptors (Lipinski definition) is 3. The van der Waals surface area contributed by atoms with E-state index in [4.69, 9.17) is 0 Å². The van der Waals surface area contributed by atoms with Crippen LogP contribution in [0.15, 0.2) is 24.4 Å². The molecule has 0 spiro atoms. The molecule has 1 aliphatic heterocycles. The van der Waals surface area contributed by atoms with Gasteiger partial charge in [0.25, 0.3) is 0 Å². The van der Waals surface area contributed by atoms with Crippen LogP contribution in [0, 0.1) is 5.92 Å². The lowest BCUT2D eigenvalue weighted by Crippen LogP contribution is -2.38. The third kappa shape index (κ3) is 4.63. The normalized spacial score (nSPS) is 17.3. The van der Waals surface area contributed by atoms with Crippen molar-refractivity contribution < 1.29 is 4.79 Å². The zero-order valence-corrected chi connectivity index (χ0v) is 11.6. The van der Waals surface area contributed by atoms with Crippen molar-refractivity contribution in [3.05, 3.63) is 30.1 Å². The molecule has 1 aromatic rings. The molecule has 1 aromatic heterocycles. The lowest BCUT2D eigenvalue weighted by Gasteiger charge is -2.31. The van der Waals surface area contributed by atoms with Crippen LogP contribution in [0.2, 0.25) is 0 Å². The van der Waals surface area contributed by atoms with Crippen LogP contribution in [-0.4, -0.2) is 35.4 Å². The number of likely N-dealkylation sites (tertiary alicyclic amines) is 1. The van der Waals surface area contributed by atoms with Gasteiger partial charge in [0.05, 0.1) is 5.69 Å². The highest BCUT2D eigenvalue weighted by Gasteiger charge is 2.19. The first kappa shape index (κ1) is 14.0. The minimum atomic E-state index is 0.163. The van der Waals surface area contributed by atoms with E-state index >= 15 is 0 Å². The van der Waals surface area contributed by atoms with Gasteiger partial charge in [-0.05, 0) is 44.0 Å². The number of piperidine rings is 1. The second kappa shape index (κ2) is 7.24. The predicted molar refractivity (Wildman–Crippen MR) is 75.5 cm³/mol. The standard InChI is InChI=1S/C15H23N3O/c1-2-15(19)17-11-13-6-9-18(10-7-13)12-14-5-3-4-8-16-14/h3-5,8,13H,2,6-7,9-12H2,1H3,(H,17,19). The fraction of sp³-hybridized carbons (Fsp3) is 0.600. The number of carbonyl (C=O) groups is 1. The first-order chi connectivity index (χ1) is 9.28. The van der Waals surface area contributed by atoms with Gasteiger partial charge >= 0.3 is 0 Å². The molecule has 0 radical (unpaired) electrons. The molecular weight excluding hydrogens is 238 g/mol. The highest BCUT2D eigenvalue weighted by atomic mass is 16.1. The molecule has 1 amide bonds. The third-order valence-electron chi connectivity index (χ3n) is 3.73. The Morgan fingerprint density at radius 2 is 2.21 bits per heavy atom. The van der Waals surface area contributed by atoms with Crippen molar-refractivity contribution in [2.75, 3.05) is 19.6 Å². The Balaban J connectivity index is 1.69. The highest BCUT2D eigenvalue weighted by Crippen LogP contribution is 2.17. The molecular formula is C15H23N3O. The van der Waals surface area contributed by atoms with Crippen LogP contribution in [-0.2, 0) is 11.3 Å². The summed E-state index contributed by atoms with van der Waals surface area (Å²) in [5.74, 6) is 0.798. The molecule has 1 saturated heterocycles. The van der Waals surface area contributed by atoms with Gasteiger partial charge in [-0.15, -0.1) is 0 Å². The minimum Gasteiger partial charge on any atom is -0.356 e. The lowest BCUT2D eigenvalue weighted by atomic mass is 9.96. The number of hydrogen-bond donors (Lipinski definition) is 1. The number of aromatic nitrogens is 1. The SMILES string of the molecule is CCC(=O)NCC1CCN(Cc2ccccn2)CC1. The molecule has 2 rings (SSSR count). The average Bonchev–Trinajstić information content (AvgIpc) is 2.47. The highest BCUT2D eigenvalue weighted by molar-refractivity contribution is 5.75. The Kier molecular flexibility index (Phi) is 5.33. The van der Waals surface area contributed by atoms with Gasteiger partial charge in [-0.2, -0.15) is 0 Å². The molecule has 1 fully saturated rings. The smallest absolute Gasteiger partial charge is 0.219 e. The van der Waals surface area contributed by atoms with Crippen molar-refractivity contribution in [2.45, 2.75) is 32.7 Å². The minimum absolute atomic E-state index is 0.163. The summed E-state index contributed by atoms with van der Waals surface area (Å²) in [4.78, 5) is 18.0. The summed E-state index contributed by atoms with van der Waals surface area (Å²) < 4.78 is 0. The van der Waals surface area contributed by atoms with Crippen LogP contribution >= 0.6 is 0 Å². The molecule has 0 bridgehead atoms. The van der Waals surface area contributed by atoms with Crippen molar-refractivity contribution in [3.63, 3.8) is 0 Å². The van der Waals surface area contributed by atoms with E-state index in [9.17, 15) is 4.79 Å². The van der Waals surface area contributed by atoms with E-state index in [-0.39, 0.29) is 5.91 Å². The molecule has 0 aromatic carbocycles. The second-order valence-electron chi connectivity index (χ2n) is 5.20. The number of pyridine rings is 1. The van der Waals surface area contributed by atoms with Gasteiger partial charge in [0.15, 0.2) is 0 Å². The summed E-state index contributed by atoms with van der Waals surface area (Å²) in [6.07, 6.45) is 4.76. The lowest BCUT2D eigenvalue weighted by molar-refractivity contribution is -0.121. The maximum Gasteiger partial charge on any atom is 0.219 e. The number of nitrogens with one attached hydrogen (secondary N) is 1. The summed E-state index contributed by atoms with van der Waals surface area (Å²) in [7, 11) is 0. The third-order valence-corrected chi connectivity index (χ3v) is 3.73. The van der Waals surface area contributed by atoms with E-state index in [2.05, 4.69) is 21.3 Å². The van der Waals surface area contributed by atoms with Crippen molar-refractivity contribution in [3.8, 4) is 0 Å². The van der Waals surface area contributed by atoms with Crippen LogP contribution in [0.1, 0.15) is 31.9 Å². The molecule has 0 unspecified atom stereocenters. The summed E-state index contributed by atoms with van der Waals surface area (Å²) >= 11 is 0. The Bertz CT molecular complexity index is 386. The largest absolute Gasteiger partial charge is 0.356 e. The van der Waals surface area contributed by atoms with E-state index in [1.165, 1.54) is 0 Å². The number of rotatable bonds is 5. The van der Waals surface area contributed by atoms with E-state index in [1.54, 1.807) is 0 Å². The van der Waals surface area contributed by atoms with Gasteiger partial charge in [-0.3, -0.25) is 14.7 Å². The fourth-order valence-electron chi connectivity index (χ4n) is 2.45. The van der Waals surface area contributed by atoms with Crippen molar-refractivity contribution >= 4 is 5.91 Å². The van der Waals surface area contributed by atoms with Gasteiger partial charge < -0.3 is 5.32 Å². The molecule has 0 saturated carbocycles. The zero-order chi connectivity index (χ0) is 13.5. The maximum atomic E-state index is 11.2. The van der Waals surface area contributed by atoms with Crippen LogP contribution < -0.4 is 5.32 Å². The van der Waals surface area contributed by atoms with E-state index in [1.807, 2.05) is 25.3 Å². The number of amides is 1. The van der Waals surface area contributed by atoms with Gasteiger partial charge in [0.1, 0.15) is 0 Å². The van der Waals surface area contributed by atoms with Crippen molar-refractivity contribution in [1.29, 1.82) is 0 Å². The Morgan fingerprint density at radius 3 is 2.84 bits per heavy atom. The number of nitrogens with zero attached hydrogens (tertiary/aromatic N) is 2. The summed E-state index contributed by atoms with van der Waals surface area (Å²) in [5.41, 5.74) is 1.14. The van der Waals surface area contributed by atoms with E-state index < -0.39 is 0 Å². The Labute approximate surface area is 115 Å². The molecule has 104 valence electrons. The molecule has 19 heavy (non-hydrogen) atoms. The molecule has 4 nitrogen and oxygen atoms in total. The van der Waals surface area contributed by atoms with E-state index in [0.717, 1.165) is 44.7 Å². The first-order valence-electron chi connectivity index (χ1n) is 7.17. The Hall–Kier alpha value is -1.42. The number of carbonyl (C=O) groups excluding carboxylic acids is 1. The van der Waals surface area contributed by atoms with Gasteiger partial charge in [-0.1, -0.05) is 13.0 Å². The van der Waals surface area contributed by atoms with E-state index in [0.29, 0.717) is 12.3 Å². The second-order valence-corrected chi connectivity index (χ2v) is 5.20. The van der Waals surface area contributed by atoms with Crippen LogP contribution in [0.4, 0.5) is 0 Å². The van der Waals surface area contributed by atoms with Crippen LogP contribution in [0.25, 0.3) is 0 Å². The molecule has 4 heteroatoms. The summed E-state index contributed by atoms with van der Waals surface area (Å²) in [5, 5.41) is 3.00. The Morgan fingerprint density at radius 1 is 1.42 bits per heavy atom. The van der Waals surface area contributed by atoms with Gasteiger partial charge in [0, 0.05) is 25.7 Å². The average molecular weight is 261 g/mol. The topological polar surface area (TPSA) is 45.2 Å². The fourth-order valence-corrected chi connectivity index (χ4v) is 2.45. The van der Waals surface area contributed by atoms with Crippen LogP contribution in [0.5, 0.6) is 0 Å². The summed E-state index contributed by atoms with van der Waals surface area (Å²) in [6.45, 7) is 5.87. The molecule has 0 atom stereocenters. The quantitative estimate of drug-likeness (QED) is 0.879. The predicted octanol–water partition coefficient (Wildman–Crippen LogP) is 1.82. The summed E-state index contributed by atoms with van der Waals surface area (Å²) in [6, 6.07) is 6.06. The van der Waals surface area contributed by atoms with Gasteiger partial charge in [0.2, 0.25) is 5.91 Å². The van der Waals surface area contributed by atoms with Crippen molar-refractivity contribution in [2.24, 2.45) is 5.92 Å². The van der Waals surface area contributed by atoms with Gasteiger partial charge in [-0.25, -0.2) is 0 Å². The monoisotopic (exact) mass is 261 g/mol. The molecule has 2 heterocycles. The molecule has 0 aliphatic carbocycles. The first-order valence-corrected chi connectivity index (χ1v) is 7.17. The molecule has 1 N–H and O–H groups in total. The van der Waals surface area contributed by atoms with Crippen molar-refractivity contribution in [1.82, 2.24) is 15.2 Å². The molecule has 1 aliphatic rings. The zero-order valence-electron chi connectivity index (χ0n) is 11.6. The maximum absolute atomic E-state index is 11.2. The van der Waals surface area contributed by atoms with Crippen LogP contribution in [0.3, 0.4) is 0 Å².